The first-order valence-corrected chi connectivity index (χ1v) is 25.4. The van der Waals surface area contributed by atoms with Crippen LogP contribution in [0.25, 0.3) is 0 Å². The number of nitrogens with one attached hydrogen (secondary N) is 1. The summed E-state index contributed by atoms with van der Waals surface area (Å²) in [6.45, 7) is 3.36. The van der Waals surface area contributed by atoms with Crippen molar-refractivity contribution in [2.24, 2.45) is 0 Å². The van der Waals surface area contributed by atoms with Crippen LogP contribution in [0, 0.1) is 0 Å². The molecule has 1 amide bonds. The Balaban J connectivity index is 2.47. The molecule has 1 aliphatic rings. The molecule has 0 aliphatic carbocycles. The van der Waals surface area contributed by atoms with Gasteiger partial charge in [0.15, 0.2) is 6.29 Å². The number of carbonyl (C=O) groups is 1. The zero-order valence-electron chi connectivity index (χ0n) is 37.3. The standard InChI is InChI=1S/C46H89NO11S/c1-3-5-7-9-11-13-15-17-18-19-20-21-22-24-26-28-30-32-34-36-42(50)47-39(40(49)35-33-31-29-27-25-23-16-14-12-10-8-6-4-2)38-56-46-44(52)45(58-59(53,54)55)43(51)41(37-48)57-46/h33,35,39-41,43-46,48-49,51-52H,3-32,34,36-38H2,1-2H3,(H,47,50)(H,53,54,55)/p-1/b35-33+/t39-,40+,41+,43-,44+,45-,46?/m0/s1. The Labute approximate surface area is 360 Å². The highest BCUT2D eigenvalue weighted by Gasteiger charge is 2.47. The first kappa shape index (κ1) is 55.9. The van der Waals surface area contributed by atoms with Gasteiger partial charge in [-0.2, -0.15) is 0 Å². The molecule has 1 unspecified atom stereocenters. The fourth-order valence-electron chi connectivity index (χ4n) is 7.80. The molecule has 1 aliphatic heterocycles. The largest absolute Gasteiger partial charge is 0.726 e. The SMILES string of the molecule is CCCCCCCCCCCCC/C=C/[C@@H](O)[C@H](COC1O[C@H](CO)[C@H](O)[C@H](OS(=O)(=O)[O-])[C@H]1O)NC(=O)CCCCCCCCCCCCCCCCCCCCC. The van der Waals surface area contributed by atoms with Crippen molar-refractivity contribution in [2.45, 2.75) is 262 Å². The summed E-state index contributed by atoms with van der Waals surface area (Å²) in [5.41, 5.74) is 0. The number of ether oxygens (including phenoxy) is 2. The van der Waals surface area contributed by atoms with Crippen LogP contribution in [0.1, 0.15) is 219 Å². The molecule has 12 nitrogen and oxygen atoms in total. The zero-order chi connectivity index (χ0) is 43.4. The summed E-state index contributed by atoms with van der Waals surface area (Å²) in [6.07, 6.45) is 32.2. The second kappa shape index (κ2) is 37.4. The van der Waals surface area contributed by atoms with Crippen LogP contribution in [0.3, 0.4) is 0 Å². The van der Waals surface area contributed by atoms with E-state index in [0.717, 1.165) is 38.5 Å². The van der Waals surface area contributed by atoms with E-state index in [-0.39, 0.29) is 18.9 Å². The van der Waals surface area contributed by atoms with Gasteiger partial charge in [0.25, 0.3) is 0 Å². The Bertz CT molecular complexity index is 1110. The number of hydrogen-bond acceptors (Lipinski definition) is 11. The van der Waals surface area contributed by atoms with E-state index in [1.165, 1.54) is 154 Å². The highest BCUT2D eigenvalue weighted by Crippen LogP contribution is 2.26. The third kappa shape index (κ3) is 30.5. The smallest absolute Gasteiger partial charge is 0.220 e. The van der Waals surface area contributed by atoms with Crippen molar-refractivity contribution < 1.29 is 51.8 Å². The molecular weight excluding hydrogens is 775 g/mol. The molecule has 1 saturated heterocycles. The van der Waals surface area contributed by atoms with Crippen LogP contribution in [0.4, 0.5) is 0 Å². The van der Waals surface area contributed by atoms with Crippen LogP contribution in [-0.2, 0) is 28.9 Å². The quantitative estimate of drug-likeness (QED) is 0.0170. The number of aliphatic hydroxyl groups is 4. The van der Waals surface area contributed by atoms with Crippen LogP contribution < -0.4 is 5.32 Å². The first-order chi connectivity index (χ1) is 28.5. The van der Waals surface area contributed by atoms with Gasteiger partial charge in [0.1, 0.15) is 24.4 Å². The van der Waals surface area contributed by atoms with E-state index in [0.29, 0.717) is 6.42 Å². The molecular formula is C46H88NO11S-. The van der Waals surface area contributed by atoms with Gasteiger partial charge in [-0.3, -0.25) is 8.98 Å². The molecule has 7 atom stereocenters. The highest BCUT2D eigenvalue weighted by molar-refractivity contribution is 7.80. The average Bonchev–Trinajstić information content (AvgIpc) is 3.20. The fraction of sp³-hybridized carbons (Fsp3) is 0.935. The minimum atomic E-state index is -5.33. The number of allylic oxidation sites excluding steroid dienone is 1. The summed E-state index contributed by atoms with van der Waals surface area (Å²) in [5.74, 6) is -0.268. The normalized spacial score (nSPS) is 21.0. The molecule has 0 aromatic heterocycles. The molecule has 5 N–H and O–H groups in total. The minimum Gasteiger partial charge on any atom is -0.726 e. The third-order valence-electron chi connectivity index (χ3n) is 11.6. The van der Waals surface area contributed by atoms with Crippen molar-refractivity contribution in [3.63, 3.8) is 0 Å². The molecule has 0 aromatic rings. The maximum Gasteiger partial charge on any atom is 0.220 e. The summed E-state index contributed by atoms with van der Waals surface area (Å²) >= 11 is 0. The second-order valence-corrected chi connectivity index (χ2v) is 18.0. The zero-order valence-corrected chi connectivity index (χ0v) is 38.1. The molecule has 13 heteroatoms. The molecule has 59 heavy (non-hydrogen) atoms. The summed E-state index contributed by atoms with van der Waals surface area (Å²) in [4.78, 5) is 13.0. The molecule has 0 aromatic carbocycles. The van der Waals surface area contributed by atoms with Gasteiger partial charge in [0.2, 0.25) is 16.3 Å². The van der Waals surface area contributed by atoms with Gasteiger partial charge in [-0.15, -0.1) is 0 Å². The predicted octanol–water partition coefficient (Wildman–Crippen LogP) is 9.21. The first-order valence-electron chi connectivity index (χ1n) is 24.1. The molecule has 0 radical (unpaired) electrons. The predicted molar refractivity (Wildman–Crippen MR) is 234 cm³/mol. The van der Waals surface area contributed by atoms with Crippen molar-refractivity contribution in [2.75, 3.05) is 13.2 Å². The number of hydrogen-bond donors (Lipinski definition) is 5. The van der Waals surface area contributed by atoms with Gasteiger partial charge in [-0.1, -0.05) is 206 Å². The van der Waals surface area contributed by atoms with E-state index >= 15 is 0 Å². The fourth-order valence-corrected chi connectivity index (χ4v) is 8.30. The maximum atomic E-state index is 13.0. The van der Waals surface area contributed by atoms with Crippen LogP contribution in [0.15, 0.2) is 12.2 Å². The average molecular weight is 863 g/mol. The molecule has 0 bridgehead atoms. The highest BCUT2D eigenvalue weighted by atomic mass is 32.3. The summed E-state index contributed by atoms with van der Waals surface area (Å²) < 4.78 is 49.3. The molecule has 1 fully saturated rings. The second-order valence-electron chi connectivity index (χ2n) is 17.0. The van der Waals surface area contributed by atoms with Crippen LogP contribution >= 0.6 is 0 Å². The lowest BCUT2D eigenvalue weighted by atomic mass is 9.99. The minimum absolute atomic E-state index is 0.267. The van der Waals surface area contributed by atoms with Gasteiger partial charge in [-0.25, -0.2) is 8.42 Å². The molecule has 0 spiro atoms. The third-order valence-corrected chi connectivity index (χ3v) is 12.0. The number of unbranched alkanes of at least 4 members (excludes halogenated alkanes) is 29. The lowest BCUT2D eigenvalue weighted by Crippen LogP contribution is -2.61. The van der Waals surface area contributed by atoms with Crippen molar-refractivity contribution in [1.82, 2.24) is 5.32 Å². The maximum absolute atomic E-state index is 13.0. The van der Waals surface area contributed by atoms with Crippen LogP contribution in [-0.4, -0.2) is 95.4 Å². The van der Waals surface area contributed by atoms with Crippen LogP contribution in [0.2, 0.25) is 0 Å². The Morgan fingerprint density at radius 3 is 1.49 bits per heavy atom. The number of carbonyl (C=O) groups excluding carboxylic acids is 1. The van der Waals surface area contributed by atoms with E-state index in [9.17, 15) is 38.2 Å². The lowest BCUT2D eigenvalue weighted by Gasteiger charge is -2.42. The topological polar surface area (TPSA) is 195 Å². The summed E-state index contributed by atoms with van der Waals surface area (Å²) in [5, 5.41) is 44.6. The molecule has 1 rings (SSSR count). The van der Waals surface area contributed by atoms with E-state index in [4.69, 9.17) is 9.47 Å². The van der Waals surface area contributed by atoms with E-state index in [1.54, 1.807) is 6.08 Å². The molecule has 350 valence electrons. The van der Waals surface area contributed by atoms with Crippen molar-refractivity contribution in [3.05, 3.63) is 12.2 Å². The molecule has 0 saturated carbocycles. The van der Waals surface area contributed by atoms with Gasteiger partial charge >= 0.3 is 0 Å². The number of rotatable bonds is 41. The van der Waals surface area contributed by atoms with Gasteiger partial charge in [0.05, 0.1) is 25.4 Å². The Kier molecular flexibility index (Phi) is 35.4. The van der Waals surface area contributed by atoms with E-state index < -0.39 is 59.9 Å². The lowest BCUT2D eigenvalue weighted by molar-refractivity contribution is -0.298. The number of amides is 1. The van der Waals surface area contributed by atoms with Crippen molar-refractivity contribution in [3.8, 4) is 0 Å². The Morgan fingerprint density at radius 1 is 0.678 bits per heavy atom. The van der Waals surface area contributed by atoms with Gasteiger partial charge < -0.3 is 39.8 Å². The van der Waals surface area contributed by atoms with Crippen LogP contribution in [0.5, 0.6) is 0 Å². The summed E-state index contributed by atoms with van der Waals surface area (Å²) in [6, 6.07) is -0.950. The number of aliphatic hydroxyl groups excluding tert-OH is 4. The molecule has 1 heterocycles. The van der Waals surface area contributed by atoms with Gasteiger partial charge in [-0.05, 0) is 19.3 Å². The van der Waals surface area contributed by atoms with E-state index in [1.807, 2.05) is 6.08 Å². The van der Waals surface area contributed by atoms with Gasteiger partial charge in [0, 0.05) is 6.42 Å². The monoisotopic (exact) mass is 863 g/mol. The van der Waals surface area contributed by atoms with E-state index in [2.05, 4.69) is 23.3 Å². The Morgan fingerprint density at radius 2 is 1.08 bits per heavy atom. The Hall–Kier alpha value is -1.16. The van der Waals surface area contributed by atoms with Crippen molar-refractivity contribution in [1.29, 1.82) is 0 Å². The summed E-state index contributed by atoms with van der Waals surface area (Å²) in [7, 11) is -5.33. The van der Waals surface area contributed by atoms with Crippen molar-refractivity contribution >= 4 is 16.3 Å².